The highest BCUT2D eigenvalue weighted by Crippen LogP contribution is 2.28. The van der Waals surface area contributed by atoms with Crippen molar-refractivity contribution in [2.24, 2.45) is 0 Å². The zero-order chi connectivity index (χ0) is 25.7. The minimum absolute atomic E-state index is 0.0279. The van der Waals surface area contributed by atoms with E-state index in [2.05, 4.69) is 12.2 Å². The van der Waals surface area contributed by atoms with Crippen molar-refractivity contribution in [2.45, 2.75) is 51.9 Å². The Balaban J connectivity index is 1.63. The van der Waals surface area contributed by atoms with Gasteiger partial charge in [0.15, 0.2) is 0 Å². The molecule has 4 rings (SSSR count). The van der Waals surface area contributed by atoms with Crippen LogP contribution in [-0.2, 0) is 22.6 Å². The van der Waals surface area contributed by atoms with Crippen LogP contribution in [0.3, 0.4) is 0 Å². The summed E-state index contributed by atoms with van der Waals surface area (Å²) in [6.07, 6.45) is 1.49. The Morgan fingerprint density at radius 1 is 1.03 bits per heavy atom. The number of aromatic hydroxyl groups is 1. The zero-order valence-corrected chi connectivity index (χ0v) is 21.0. The quantitative estimate of drug-likeness (QED) is 0.589. The number of carbonyl (C=O) groups excluding carboxylic acids is 3. The monoisotopic (exact) mass is 493 g/mol. The fourth-order valence-corrected chi connectivity index (χ4v) is 4.92. The first kappa shape index (κ1) is 25.5. The summed E-state index contributed by atoms with van der Waals surface area (Å²) in [6.45, 7) is 5.71. The van der Waals surface area contributed by atoms with Crippen LogP contribution in [0.25, 0.3) is 0 Å². The minimum atomic E-state index is -0.721. The van der Waals surface area contributed by atoms with Crippen molar-refractivity contribution >= 4 is 17.8 Å². The van der Waals surface area contributed by atoms with Crippen LogP contribution in [0.15, 0.2) is 54.6 Å². The molecule has 9 nitrogen and oxygen atoms in total. The fourth-order valence-electron chi connectivity index (χ4n) is 4.92. The summed E-state index contributed by atoms with van der Waals surface area (Å²) in [6, 6.07) is 15.3. The summed E-state index contributed by atoms with van der Waals surface area (Å²) < 4.78 is 0. The van der Waals surface area contributed by atoms with Gasteiger partial charge in [0.25, 0.3) is 0 Å². The lowest BCUT2D eigenvalue weighted by Gasteiger charge is -2.55. The van der Waals surface area contributed by atoms with Gasteiger partial charge in [-0.15, -0.1) is 0 Å². The summed E-state index contributed by atoms with van der Waals surface area (Å²) in [5, 5.41) is 16.1. The molecule has 192 valence electrons. The van der Waals surface area contributed by atoms with Crippen LogP contribution in [0.1, 0.15) is 37.8 Å². The smallest absolute Gasteiger partial charge is 0.334 e. The van der Waals surface area contributed by atoms with Gasteiger partial charge in [-0.05, 0) is 29.7 Å². The Bertz CT molecular complexity index is 1060. The van der Waals surface area contributed by atoms with Crippen LogP contribution in [-0.4, -0.2) is 81.2 Å². The molecular formula is C27H35N5O4. The Hall–Kier alpha value is -3.59. The van der Waals surface area contributed by atoms with E-state index >= 15 is 0 Å². The Morgan fingerprint density at radius 3 is 2.42 bits per heavy atom. The third kappa shape index (κ3) is 5.46. The van der Waals surface area contributed by atoms with E-state index in [0.717, 1.165) is 24.0 Å². The first-order valence-corrected chi connectivity index (χ1v) is 12.7. The van der Waals surface area contributed by atoms with Crippen LogP contribution in [0.2, 0.25) is 0 Å². The molecule has 0 aliphatic carbocycles. The molecule has 2 aliphatic heterocycles. The van der Waals surface area contributed by atoms with Gasteiger partial charge in [-0.25, -0.2) is 14.8 Å². The van der Waals surface area contributed by atoms with Gasteiger partial charge in [0.05, 0.1) is 13.1 Å². The second-order valence-electron chi connectivity index (χ2n) is 9.28. The highest BCUT2D eigenvalue weighted by molar-refractivity contribution is 5.91. The van der Waals surface area contributed by atoms with Crippen molar-refractivity contribution in [1.29, 1.82) is 0 Å². The van der Waals surface area contributed by atoms with Crippen LogP contribution in [0.4, 0.5) is 4.79 Å². The second-order valence-corrected chi connectivity index (χ2v) is 9.28. The molecule has 0 radical (unpaired) electrons. The number of nitrogens with one attached hydrogen (secondary N) is 1. The molecule has 9 heteroatoms. The summed E-state index contributed by atoms with van der Waals surface area (Å²) in [4.78, 5) is 43.9. The van der Waals surface area contributed by atoms with E-state index in [1.54, 1.807) is 44.1 Å². The zero-order valence-electron chi connectivity index (χ0n) is 21.0. The first-order valence-electron chi connectivity index (χ1n) is 12.7. The van der Waals surface area contributed by atoms with Crippen molar-refractivity contribution in [3.63, 3.8) is 0 Å². The van der Waals surface area contributed by atoms with E-state index in [1.807, 2.05) is 37.3 Å². The number of urea groups is 1. The van der Waals surface area contributed by atoms with E-state index in [-0.39, 0.29) is 36.7 Å². The number of phenols is 1. The van der Waals surface area contributed by atoms with Gasteiger partial charge in [-0.3, -0.25) is 9.59 Å². The van der Waals surface area contributed by atoms with Crippen LogP contribution in [0.5, 0.6) is 5.75 Å². The summed E-state index contributed by atoms with van der Waals surface area (Å²) in [7, 11) is 0. The number of hydrogen-bond acceptors (Lipinski definition) is 5. The predicted octanol–water partition coefficient (Wildman–Crippen LogP) is 2.56. The second kappa shape index (κ2) is 11.4. The van der Waals surface area contributed by atoms with Crippen molar-refractivity contribution in [2.75, 3.05) is 26.2 Å². The highest BCUT2D eigenvalue weighted by atomic mass is 16.3. The average molecular weight is 494 g/mol. The first-order chi connectivity index (χ1) is 17.4. The lowest BCUT2D eigenvalue weighted by molar-refractivity contribution is -0.189. The van der Waals surface area contributed by atoms with E-state index in [0.29, 0.717) is 26.1 Å². The number of amides is 4. The molecule has 2 atom stereocenters. The normalized spacial score (nSPS) is 20.4. The van der Waals surface area contributed by atoms with Gasteiger partial charge in [0, 0.05) is 26.1 Å². The van der Waals surface area contributed by atoms with Crippen LogP contribution in [0, 0.1) is 0 Å². The molecule has 2 aromatic rings. The van der Waals surface area contributed by atoms with E-state index < -0.39 is 12.2 Å². The van der Waals surface area contributed by atoms with Gasteiger partial charge in [-0.1, -0.05) is 62.7 Å². The molecule has 2 heterocycles. The standard InChI is InChI=1S/C27H35N5O4/c1-3-5-15-29-18-24-31(23(26(29)35)16-20-11-13-22(33)14-12-20)25(34)19-30(4-2)32(24)27(36)28-17-21-9-7-6-8-10-21/h6-14,23-24,33H,3-5,15-19H2,1-2H3,(H,28,36)/t23-,24-/m0/s1. The molecule has 2 aliphatic rings. The van der Waals surface area contributed by atoms with Gasteiger partial charge >= 0.3 is 6.03 Å². The third-order valence-electron chi connectivity index (χ3n) is 6.84. The summed E-state index contributed by atoms with van der Waals surface area (Å²) >= 11 is 0. The molecule has 2 aromatic carbocycles. The third-order valence-corrected chi connectivity index (χ3v) is 6.84. The van der Waals surface area contributed by atoms with Crippen molar-refractivity contribution in [3.05, 3.63) is 65.7 Å². The van der Waals surface area contributed by atoms with Gasteiger partial charge in [-0.2, -0.15) is 0 Å². The number of hydrazine groups is 1. The number of benzene rings is 2. The lowest BCUT2D eigenvalue weighted by atomic mass is 9.98. The summed E-state index contributed by atoms with van der Waals surface area (Å²) in [5.41, 5.74) is 1.82. The molecule has 0 bridgehead atoms. The highest BCUT2D eigenvalue weighted by Gasteiger charge is 2.50. The number of nitrogens with zero attached hydrogens (tertiary/aromatic N) is 4. The summed E-state index contributed by atoms with van der Waals surface area (Å²) in [5.74, 6) is -0.123. The number of fused-ring (bicyclic) bond motifs is 1. The number of piperazine rings is 1. The number of hydrogen-bond donors (Lipinski definition) is 2. The average Bonchev–Trinajstić information content (AvgIpc) is 2.89. The van der Waals surface area contributed by atoms with Gasteiger partial charge in [0.1, 0.15) is 18.0 Å². The number of unbranched alkanes of at least 4 members (excludes halogenated alkanes) is 1. The maximum atomic E-state index is 13.6. The van der Waals surface area contributed by atoms with Crippen LogP contribution >= 0.6 is 0 Å². The minimum Gasteiger partial charge on any atom is -0.508 e. The molecule has 2 fully saturated rings. The maximum Gasteiger partial charge on any atom is 0.334 e. The predicted molar refractivity (Wildman–Crippen MR) is 135 cm³/mol. The molecule has 0 aromatic heterocycles. The Labute approximate surface area is 212 Å². The van der Waals surface area contributed by atoms with E-state index in [4.69, 9.17) is 0 Å². The molecule has 4 amide bonds. The lowest BCUT2D eigenvalue weighted by Crippen LogP contribution is -2.76. The van der Waals surface area contributed by atoms with E-state index in [1.165, 1.54) is 0 Å². The number of rotatable bonds is 8. The molecule has 0 unspecified atom stereocenters. The number of carbonyl (C=O) groups is 3. The Kier molecular flexibility index (Phi) is 8.10. The van der Waals surface area contributed by atoms with Gasteiger partial charge in [0.2, 0.25) is 11.8 Å². The van der Waals surface area contributed by atoms with Crippen LogP contribution < -0.4 is 5.32 Å². The number of likely N-dealkylation sites (N-methyl/N-ethyl adjacent to an activating group) is 1. The topological polar surface area (TPSA) is 96.4 Å². The fraction of sp³-hybridized carbons (Fsp3) is 0.444. The van der Waals surface area contributed by atoms with Crippen molar-refractivity contribution in [1.82, 2.24) is 25.1 Å². The molecule has 0 saturated carbocycles. The molecule has 36 heavy (non-hydrogen) atoms. The number of phenolic OH excluding ortho intramolecular Hbond substituents is 1. The molecular weight excluding hydrogens is 458 g/mol. The molecule has 2 saturated heterocycles. The largest absolute Gasteiger partial charge is 0.508 e. The van der Waals surface area contributed by atoms with E-state index in [9.17, 15) is 19.5 Å². The molecule has 0 spiro atoms. The van der Waals surface area contributed by atoms with Gasteiger partial charge < -0.3 is 20.2 Å². The maximum absolute atomic E-state index is 13.6. The van der Waals surface area contributed by atoms with Crippen molar-refractivity contribution < 1.29 is 19.5 Å². The Morgan fingerprint density at radius 2 is 1.75 bits per heavy atom. The molecule has 2 N–H and O–H groups in total. The van der Waals surface area contributed by atoms with Crippen molar-refractivity contribution in [3.8, 4) is 5.75 Å². The SMILES string of the molecule is CCCCN1C[C@H]2N(C(=O)CN(CC)N2C(=O)NCc2ccccc2)[C@@H](Cc2ccc(O)cc2)C1=O.